The van der Waals surface area contributed by atoms with Crippen LogP contribution in [0.2, 0.25) is 5.02 Å². The summed E-state index contributed by atoms with van der Waals surface area (Å²) in [7, 11) is 0. The number of benzene rings is 1. The first kappa shape index (κ1) is 18.5. The van der Waals surface area contributed by atoms with Crippen molar-refractivity contribution in [1.82, 2.24) is 5.32 Å². The Morgan fingerprint density at radius 1 is 1.36 bits per heavy atom. The van der Waals surface area contributed by atoms with Gasteiger partial charge in [0.25, 0.3) is 0 Å². The maximum absolute atomic E-state index is 11.8. The molecule has 0 spiro atoms. The molecule has 0 heterocycles. The Kier molecular flexibility index (Phi) is 6.38. The first-order chi connectivity index (χ1) is 10.2. The van der Waals surface area contributed by atoms with E-state index in [0.717, 1.165) is 12.0 Å². The van der Waals surface area contributed by atoms with Crippen molar-refractivity contribution in [3.8, 4) is 0 Å². The predicted octanol–water partition coefficient (Wildman–Crippen LogP) is 2.50. The van der Waals surface area contributed by atoms with Crippen molar-refractivity contribution < 1.29 is 14.7 Å². The van der Waals surface area contributed by atoms with Gasteiger partial charge in [-0.1, -0.05) is 37.9 Å². The molecule has 3 N–H and O–H groups in total. The predicted molar refractivity (Wildman–Crippen MR) is 87.9 cm³/mol. The number of carbonyl (C=O) groups is 2. The summed E-state index contributed by atoms with van der Waals surface area (Å²) in [6.07, 6.45) is 0.772. The average molecular weight is 327 g/mol. The molecule has 0 saturated carbocycles. The van der Waals surface area contributed by atoms with Gasteiger partial charge in [-0.25, -0.2) is 0 Å². The number of aliphatic hydroxyl groups is 1. The molecule has 5 nitrogen and oxygen atoms in total. The van der Waals surface area contributed by atoms with E-state index in [4.69, 9.17) is 11.6 Å². The van der Waals surface area contributed by atoms with Gasteiger partial charge >= 0.3 is 11.8 Å². The zero-order chi connectivity index (χ0) is 16.9. The van der Waals surface area contributed by atoms with Gasteiger partial charge < -0.3 is 15.7 Å². The second kappa shape index (κ2) is 7.61. The highest BCUT2D eigenvalue weighted by Gasteiger charge is 2.28. The van der Waals surface area contributed by atoms with E-state index < -0.39 is 17.4 Å². The molecule has 0 aromatic heterocycles. The third kappa shape index (κ3) is 5.00. The molecule has 0 unspecified atom stereocenters. The average Bonchev–Trinajstić information content (AvgIpc) is 2.46. The molecule has 0 radical (unpaired) electrons. The van der Waals surface area contributed by atoms with Crippen LogP contribution in [0.5, 0.6) is 0 Å². The molecule has 22 heavy (non-hydrogen) atoms. The summed E-state index contributed by atoms with van der Waals surface area (Å²) < 4.78 is 0. The lowest BCUT2D eigenvalue weighted by molar-refractivity contribution is -0.137. The molecule has 0 bridgehead atoms. The van der Waals surface area contributed by atoms with Gasteiger partial charge in [-0.3, -0.25) is 9.59 Å². The molecule has 0 aliphatic carbocycles. The van der Waals surface area contributed by atoms with Crippen molar-refractivity contribution in [3.63, 3.8) is 0 Å². The lowest BCUT2D eigenvalue weighted by atomic mass is 9.89. The Labute approximate surface area is 136 Å². The Hall–Kier alpha value is -1.59. The summed E-state index contributed by atoms with van der Waals surface area (Å²) in [5.74, 6) is -1.62. The normalized spacial score (nSPS) is 14.8. The monoisotopic (exact) mass is 326 g/mol. The van der Waals surface area contributed by atoms with E-state index in [1.54, 1.807) is 25.1 Å². The molecule has 1 rings (SSSR count). The molecule has 122 valence electrons. The molecule has 0 fully saturated rings. The Morgan fingerprint density at radius 3 is 2.55 bits per heavy atom. The van der Waals surface area contributed by atoms with E-state index in [0.29, 0.717) is 10.7 Å². The number of anilines is 1. The minimum Gasteiger partial charge on any atom is -0.388 e. The van der Waals surface area contributed by atoms with E-state index >= 15 is 0 Å². The van der Waals surface area contributed by atoms with Gasteiger partial charge in [0.1, 0.15) is 0 Å². The molecule has 0 saturated heterocycles. The van der Waals surface area contributed by atoms with Crippen molar-refractivity contribution in [2.24, 2.45) is 5.92 Å². The fraction of sp³-hybridized carbons (Fsp3) is 0.500. The van der Waals surface area contributed by atoms with Gasteiger partial charge in [-0.15, -0.1) is 0 Å². The Bertz CT molecular complexity index is 558. The summed E-state index contributed by atoms with van der Waals surface area (Å²) in [5.41, 5.74) is 0.268. The number of halogens is 1. The van der Waals surface area contributed by atoms with Crippen molar-refractivity contribution in [3.05, 3.63) is 28.8 Å². The molecule has 0 aliphatic heterocycles. The molecule has 6 heteroatoms. The highest BCUT2D eigenvalue weighted by molar-refractivity contribution is 6.41. The van der Waals surface area contributed by atoms with Crippen LogP contribution in [0, 0.1) is 12.8 Å². The van der Waals surface area contributed by atoms with Crippen LogP contribution in [0.3, 0.4) is 0 Å². The minimum absolute atomic E-state index is 0.00223. The second-order valence-electron chi connectivity index (χ2n) is 5.79. The molecular weight excluding hydrogens is 304 g/mol. The summed E-state index contributed by atoms with van der Waals surface area (Å²) in [6, 6.07) is 5.12. The molecule has 0 aliphatic rings. The first-order valence-corrected chi connectivity index (χ1v) is 7.63. The highest BCUT2D eigenvalue weighted by Crippen LogP contribution is 2.22. The van der Waals surface area contributed by atoms with Crippen LogP contribution in [0.15, 0.2) is 18.2 Å². The highest BCUT2D eigenvalue weighted by atomic mass is 35.5. The number of nitrogens with one attached hydrogen (secondary N) is 2. The van der Waals surface area contributed by atoms with Gasteiger partial charge in [-0.2, -0.15) is 0 Å². The van der Waals surface area contributed by atoms with Crippen LogP contribution < -0.4 is 10.6 Å². The number of hydrogen-bond donors (Lipinski definition) is 3. The standard InChI is InChI=1S/C16H23ClN2O3/c1-5-11(3)16(4,22)9-18-14(20)15(21)19-13-7-6-10(2)8-12(13)17/h6-8,11,22H,5,9H2,1-4H3,(H,18,20)(H,19,21)/t11-,16+/m0/s1. The largest absolute Gasteiger partial charge is 0.388 e. The van der Waals surface area contributed by atoms with Gasteiger partial charge in [0.05, 0.1) is 16.3 Å². The fourth-order valence-corrected chi connectivity index (χ4v) is 2.14. The van der Waals surface area contributed by atoms with Gasteiger partial charge in [0, 0.05) is 6.54 Å². The quantitative estimate of drug-likeness (QED) is 0.727. The molecule has 2 atom stereocenters. The van der Waals surface area contributed by atoms with Crippen molar-refractivity contribution in [1.29, 1.82) is 0 Å². The van der Waals surface area contributed by atoms with Gasteiger partial charge in [0.2, 0.25) is 0 Å². The van der Waals surface area contributed by atoms with E-state index in [-0.39, 0.29) is 12.5 Å². The fourth-order valence-electron chi connectivity index (χ4n) is 1.85. The molecular formula is C16H23ClN2O3. The van der Waals surface area contributed by atoms with Crippen molar-refractivity contribution in [2.75, 3.05) is 11.9 Å². The van der Waals surface area contributed by atoms with Crippen LogP contribution in [0.25, 0.3) is 0 Å². The first-order valence-electron chi connectivity index (χ1n) is 7.25. The van der Waals surface area contributed by atoms with Gasteiger partial charge in [0.15, 0.2) is 0 Å². The number of carbonyl (C=O) groups excluding carboxylic acids is 2. The maximum atomic E-state index is 11.8. The third-order valence-electron chi connectivity index (χ3n) is 3.86. The second-order valence-corrected chi connectivity index (χ2v) is 6.19. The number of rotatable bonds is 5. The Morgan fingerprint density at radius 2 is 2.00 bits per heavy atom. The summed E-state index contributed by atoms with van der Waals surface area (Å²) in [5, 5.41) is 15.5. The lowest BCUT2D eigenvalue weighted by Crippen LogP contribution is -2.47. The maximum Gasteiger partial charge on any atom is 0.313 e. The number of amides is 2. The Balaban J connectivity index is 2.61. The van der Waals surface area contributed by atoms with E-state index in [2.05, 4.69) is 10.6 Å². The number of aryl methyl sites for hydroxylation is 1. The minimum atomic E-state index is -1.06. The lowest BCUT2D eigenvalue weighted by Gasteiger charge is -2.29. The van der Waals surface area contributed by atoms with Crippen molar-refractivity contribution in [2.45, 2.75) is 39.7 Å². The summed E-state index contributed by atoms with van der Waals surface area (Å²) in [4.78, 5) is 23.6. The van der Waals surface area contributed by atoms with E-state index in [9.17, 15) is 14.7 Å². The van der Waals surface area contributed by atoms with Crippen LogP contribution in [0.1, 0.15) is 32.8 Å². The molecule has 2 amide bonds. The van der Waals surface area contributed by atoms with E-state index in [1.165, 1.54) is 0 Å². The van der Waals surface area contributed by atoms with Crippen molar-refractivity contribution >= 4 is 29.1 Å². The van der Waals surface area contributed by atoms with Crippen LogP contribution in [-0.4, -0.2) is 29.1 Å². The smallest absolute Gasteiger partial charge is 0.313 e. The van der Waals surface area contributed by atoms with E-state index in [1.807, 2.05) is 20.8 Å². The third-order valence-corrected chi connectivity index (χ3v) is 4.17. The molecule has 1 aromatic rings. The van der Waals surface area contributed by atoms with Gasteiger partial charge in [-0.05, 0) is 37.5 Å². The number of hydrogen-bond acceptors (Lipinski definition) is 3. The summed E-state index contributed by atoms with van der Waals surface area (Å²) >= 11 is 6.00. The topological polar surface area (TPSA) is 78.4 Å². The SMILES string of the molecule is CC[C@H](C)[C@](C)(O)CNC(=O)C(=O)Nc1ccc(C)cc1Cl. The van der Waals surface area contributed by atoms with Crippen LogP contribution in [0.4, 0.5) is 5.69 Å². The van der Waals surface area contributed by atoms with Crippen LogP contribution in [-0.2, 0) is 9.59 Å². The summed E-state index contributed by atoms with van der Waals surface area (Å²) in [6.45, 7) is 7.36. The molecule has 1 aromatic carbocycles. The zero-order valence-electron chi connectivity index (χ0n) is 13.4. The van der Waals surface area contributed by atoms with Crippen LogP contribution >= 0.6 is 11.6 Å². The zero-order valence-corrected chi connectivity index (χ0v) is 14.1.